The molecule has 0 amide bonds. The number of hydrogen-bond acceptors (Lipinski definition) is 3. The van der Waals surface area contributed by atoms with E-state index in [0.717, 1.165) is 12.1 Å². The Hall–Kier alpha value is -1.86. The van der Waals surface area contributed by atoms with Crippen molar-refractivity contribution in [2.75, 3.05) is 6.54 Å². The van der Waals surface area contributed by atoms with E-state index in [-0.39, 0.29) is 12.5 Å². The number of carboxylic acids is 1. The topological polar surface area (TPSA) is 64.3 Å². The van der Waals surface area contributed by atoms with Crippen molar-refractivity contribution >= 4 is 5.97 Å². The first-order valence-electron chi connectivity index (χ1n) is 6.93. The lowest BCUT2D eigenvalue weighted by atomic mass is 10.0. The predicted molar refractivity (Wildman–Crippen MR) is 78.3 cm³/mol. The monoisotopic (exact) mass is 274 g/mol. The fourth-order valence-electron chi connectivity index (χ4n) is 2.34. The lowest BCUT2D eigenvalue weighted by molar-refractivity contribution is -0.137. The van der Waals surface area contributed by atoms with Gasteiger partial charge in [-0.05, 0) is 51.4 Å². The number of carboxylic acid groups (broad SMARTS) is 1. The zero-order valence-corrected chi connectivity index (χ0v) is 12.3. The highest BCUT2D eigenvalue weighted by atomic mass is 16.4. The number of nitriles is 1. The Morgan fingerprint density at radius 2 is 1.90 bits per heavy atom. The summed E-state index contributed by atoms with van der Waals surface area (Å²) in [4.78, 5) is 12.9. The summed E-state index contributed by atoms with van der Waals surface area (Å²) in [5.41, 5.74) is 1.80. The molecule has 0 radical (unpaired) electrons. The number of nitrogens with zero attached hydrogens (tertiary/aromatic N) is 2. The molecule has 0 saturated carbocycles. The van der Waals surface area contributed by atoms with Crippen LogP contribution in [0.3, 0.4) is 0 Å². The minimum absolute atomic E-state index is 0.198. The van der Waals surface area contributed by atoms with Crippen molar-refractivity contribution in [3.8, 4) is 6.07 Å². The molecular weight excluding hydrogens is 252 g/mol. The van der Waals surface area contributed by atoms with Crippen molar-refractivity contribution in [2.45, 2.75) is 45.7 Å². The number of benzene rings is 1. The van der Waals surface area contributed by atoms with Crippen molar-refractivity contribution in [2.24, 2.45) is 0 Å². The van der Waals surface area contributed by atoms with Gasteiger partial charge in [0.1, 0.15) is 0 Å². The average Bonchev–Trinajstić information content (AvgIpc) is 2.42. The van der Waals surface area contributed by atoms with Crippen LogP contribution < -0.4 is 0 Å². The SMILES string of the molecule is CC(C)N(CCCC(=O)O)C(C)c1ccc(C#N)cc1. The molecular formula is C16H22N2O2. The van der Waals surface area contributed by atoms with E-state index in [1.54, 1.807) is 0 Å². The molecule has 0 aromatic heterocycles. The highest BCUT2D eigenvalue weighted by Gasteiger charge is 2.18. The first-order chi connectivity index (χ1) is 9.45. The zero-order chi connectivity index (χ0) is 15.1. The van der Waals surface area contributed by atoms with E-state index < -0.39 is 5.97 Å². The molecule has 1 aromatic rings. The normalized spacial score (nSPS) is 12.4. The third kappa shape index (κ3) is 4.67. The molecule has 0 heterocycles. The lowest BCUT2D eigenvalue weighted by Crippen LogP contribution is -2.34. The molecule has 0 fully saturated rings. The Morgan fingerprint density at radius 3 is 2.35 bits per heavy atom. The number of aliphatic carboxylic acids is 1. The van der Waals surface area contributed by atoms with Gasteiger partial charge in [0.05, 0.1) is 11.6 Å². The smallest absolute Gasteiger partial charge is 0.303 e. The van der Waals surface area contributed by atoms with Crippen LogP contribution in [0.2, 0.25) is 0 Å². The van der Waals surface area contributed by atoms with Crippen LogP contribution in [0.5, 0.6) is 0 Å². The number of carbonyl (C=O) groups is 1. The second-order valence-corrected chi connectivity index (χ2v) is 5.24. The van der Waals surface area contributed by atoms with E-state index in [0.29, 0.717) is 18.0 Å². The first-order valence-corrected chi connectivity index (χ1v) is 6.93. The molecule has 1 atom stereocenters. The van der Waals surface area contributed by atoms with Gasteiger partial charge in [-0.2, -0.15) is 5.26 Å². The maximum absolute atomic E-state index is 10.6. The van der Waals surface area contributed by atoms with Gasteiger partial charge in [0.15, 0.2) is 0 Å². The summed E-state index contributed by atoms with van der Waals surface area (Å²) in [5, 5.41) is 17.5. The summed E-state index contributed by atoms with van der Waals surface area (Å²) in [5.74, 6) is -0.750. The third-order valence-electron chi connectivity index (χ3n) is 3.49. The molecule has 0 bridgehead atoms. The molecule has 108 valence electrons. The van der Waals surface area contributed by atoms with Crippen molar-refractivity contribution in [3.63, 3.8) is 0 Å². The summed E-state index contributed by atoms with van der Waals surface area (Å²) in [6, 6.07) is 10.2. The Labute approximate surface area is 120 Å². The highest BCUT2D eigenvalue weighted by Crippen LogP contribution is 2.23. The molecule has 0 spiro atoms. The minimum atomic E-state index is -0.750. The van der Waals surface area contributed by atoms with Crippen LogP contribution in [-0.2, 0) is 4.79 Å². The largest absolute Gasteiger partial charge is 0.481 e. The van der Waals surface area contributed by atoms with Crippen LogP contribution in [0.15, 0.2) is 24.3 Å². The molecule has 0 aliphatic carbocycles. The van der Waals surface area contributed by atoms with Crippen LogP contribution in [0.25, 0.3) is 0 Å². The molecule has 20 heavy (non-hydrogen) atoms. The van der Waals surface area contributed by atoms with E-state index in [2.05, 4.69) is 31.7 Å². The van der Waals surface area contributed by atoms with Gasteiger partial charge in [-0.3, -0.25) is 9.69 Å². The van der Waals surface area contributed by atoms with Crippen LogP contribution in [0.1, 0.15) is 50.8 Å². The van der Waals surface area contributed by atoms with Gasteiger partial charge >= 0.3 is 5.97 Å². The van der Waals surface area contributed by atoms with E-state index in [1.165, 1.54) is 0 Å². The first kappa shape index (κ1) is 16.2. The van der Waals surface area contributed by atoms with E-state index in [9.17, 15) is 4.79 Å². The van der Waals surface area contributed by atoms with Gasteiger partial charge in [0.25, 0.3) is 0 Å². The summed E-state index contributed by atoms with van der Waals surface area (Å²) in [6.07, 6.45) is 0.845. The molecule has 4 heteroatoms. The predicted octanol–water partition coefficient (Wildman–Crippen LogP) is 3.19. The van der Waals surface area contributed by atoms with E-state index >= 15 is 0 Å². The summed E-state index contributed by atoms with van der Waals surface area (Å²) in [6.45, 7) is 7.09. The maximum Gasteiger partial charge on any atom is 0.303 e. The van der Waals surface area contributed by atoms with Crippen molar-refractivity contribution < 1.29 is 9.90 Å². The minimum Gasteiger partial charge on any atom is -0.481 e. The molecule has 4 nitrogen and oxygen atoms in total. The van der Waals surface area contributed by atoms with Gasteiger partial charge in [-0.15, -0.1) is 0 Å². The molecule has 0 saturated heterocycles. The van der Waals surface area contributed by atoms with Crippen molar-refractivity contribution in [1.29, 1.82) is 5.26 Å². The average molecular weight is 274 g/mol. The lowest BCUT2D eigenvalue weighted by Gasteiger charge is -2.33. The van der Waals surface area contributed by atoms with Gasteiger partial charge in [-0.25, -0.2) is 0 Å². The molecule has 1 unspecified atom stereocenters. The zero-order valence-electron chi connectivity index (χ0n) is 12.3. The number of hydrogen-bond donors (Lipinski definition) is 1. The summed E-state index contributed by atoms with van der Waals surface area (Å²) in [7, 11) is 0. The van der Waals surface area contributed by atoms with Gasteiger partial charge in [0.2, 0.25) is 0 Å². The Kier molecular flexibility index (Phi) is 6.20. The molecule has 0 aliphatic heterocycles. The fourth-order valence-corrected chi connectivity index (χ4v) is 2.34. The summed E-state index contributed by atoms with van der Waals surface area (Å²) >= 11 is 0. The van der Waals surface area contributed by atoms with Gasteiger partial charge in [0, 0.05) is 18.5 Å². The number of rotatable bonds is 7. The second kappa shape index (κ2) is 7.66. The third-order valence-corrected chi connectivity index (χ3v) is 3.49. The van der Waals surface area contributed by atoms with Gasteiger partial charge < -0.3 is 5.11 Å². The van der Waals surface area contributed by atoms with E-state index in [1.807, 2.05) is 24.3 Å². The fraction of sp³-hybridized carbons (Fsp3) is 0.500. The second-order valence-electron chi connectivity index (χ2n) is 5.24. The molecule has 1 rings (SSSR count). The van der Waals surface area contributed by atoms with Gasteiger partial charge in [-0.1, -0.05) is 12.1 Å². The van der Waals surface area contributed by atoms with Crippen molar-refractivity contribution in [3.05, 3.63) is 35.4 Å². The van der Waals surface area contributed by atoms with E-state index in [4.69, 9.17) is 10.4 Å². The highest BCUT2D eigenvalue weighted by molar-refractivity contribution is 5.66. The Balaban J connectivity index is 2.74. The van der Waals surface area contributed by atoms with Crippen LogP contribution >= 0.6 is 0 Å². The Bertz CT molecular complexity index is 474. The summed E-state index contributed by atoms with van der Waals surface area (Å²) < 4.78 is 0. The van der Waals surface area contributed by atoms with Crippen LogP contribution in [-0.4, -0.2) is 28.6 Å². The Morgan fingerprint density at radius 1 is 1.30 bits per heavy atom. The molecule has 1 N–H and O–H groups in total. The van der Waals surface area contributed by atoms with Crippen LogP contribution in [0, 0.1) is 11.3 Å². The molecule has 1 aromatic carbocycles. The molecule has 0 aliphatic rings. The standard InChI is InChI=1S/C16H22N2O2/c1-12(2)18(10-4-5-16(19)20)13(3)15-8-6-14(11-17)7-9-15/h6-9,12-13H,4-5,10H2,1-3H3,(H,19,20). The maximum atomic E-state index is 10.6. The van der Waals surface area contributed by atoms with Crippen LogP contribution in [0.4, 0.5) is 0 Å². The quantitative estimate of drug-likeness (QED) is 0.829. The van der Waals surface area contributed by atoms with Crippen molar-refractivity contribution in [1.82, 2.24) is 4.90 Å².